The highest BCUT2D eigenvalue weighted by Crippen LogP contribution is 2.20. The summed E-state index contributed by atoms with van der Waals surface area (Å²) in [6.07, 6.45) is 0.400. The number of hydrogen-bond acceptors (Lipinski definition) is 6. The Balaban J connectivity index is 1.85. The summed E-state index contributed by atoms with van der Waals surface area (Å²) in [5, 5.41) is 0.924. The van der Waals surface area contributed by atoms with Gasteiger partial charge in [-0.1, -0.05) is 0 Å². The molecule has 1 amide bonds. The summed E-state index contributed by atoms with van der Waals surface area (Å²) in [5.41, 5.74) is 0.815. The number of aryl methyl sites for hydroxylation is 2. The molecule has 0 aromatic carbocycles. The van der Waals surface area contributed by atoms with Crippen molar-refractivity contribution in [2.75, 3.05) is 39.8 Å². The van der Waals surface area contributed by atoms with Crippen LogP contribution in [0.2, 0.25) is 0 Å². The second-order valence-corrected chi connectivity index (χ2v) is 6.31. The lowest BCUT2D eigenvalue weighted by molar-refractivity contribution is -0.141. The third-order valence-corrected chi connectivity index (χ3v) is 4.68. The molecule has 1 fully saturated rings. The lowest BCUT2D eigenvalue weighted by atomic mass is 10.2. The van der Waals surface area contributed by atoms with Gasteiger partial charge >= 0.3 is 5.97 Å². The first-order chi connectivity index (χ1) is 10.0. The fourth-order valence-electron chi connectivity index (χ4n) is 2.40. The number of piperazine rings is 1. The first-order valence-electron chi connectivity index (χ1n) is 7.03. The lowest BCUT2D eigenvalue weighted by Crippen LogP contribution is -2.49. The van der Waals surface area contributed by atoms with Crippen LogP contribution in [-0.2, 0) is 9.53 Å². The maximum Gasteiger partial charge on any atom is 0.306 e. The molecule has 6 nitrogen and oxygen atoms in total. The van der Waals surface area contributed by atoms with Gasteiger partial charge in [-0.2, -0.15) is 0 Å². The van der Waals surface area contributed by atoms with Crippen molar-refractivity contribution in [3.8, 4) is 0 Å². The topological polar surface area (TPSA) is 62.7 Å². The van der Waals surface area contributed by atoms with Gasteiger partial charge < -0.3 is 9.64 Å². The Morgan fingerprint density at radius 1 is 1.24 bits per heavy atom. The average Bonchev–Trinajstić information content (AvgIpc) is 2.83. The van der Waals surface area contributed by atoms with Gasteiger partial charge in [0.2, 0.25) is 0 Å². The van der Waals surface area contributed by atoms with Crippen molar-refractivity contribution in [3.63, 3.8) is 0 Å². The molecular formula is C14H21N3O3S. The van der Waals surface area contributed by atoms with Gasteiger partial charge in [0.25, 0.3) is 5.91 Å². The van der Waals surface area contributed by atoms with Gasteiger partial charge in [-0.25, -0.2) is 4.98 Å². The third kappa shape index (κ3) is 4.01. The summed E-state index contributed by atoms with van der Waals surface area (Å²) in [6, 6.07) is 0. The van der Waals surface area contributed by atoms with Crippen molar-refractivity contribution in [2.45, 2.75) is 20.3 Å². The number of esters is 1. The van der Waals surface area contributed by atoms with Gasteiger partial charge in [0.15, 0.2) is 0 Å². The van der Waals surface area contributed by atoms with Crippen molar-refractivity contribution in [1.82, 2.24) is 14.8 Å². The molecule has 0 aliphatic carbocycles. The molecule has 1 aromatic rings. The van der Waals surface area contributed by atoms with Crippen molar-refractivity contribution >= 4 is 23.2 Å². The summed E-state index contributed by atoms with van der Waals surface area (Å²) in [7, 11) is 1.40. The highest BCUT2D eigenvalue weighted by molar-refractivity contribution is 7.13. The number of amides is 1. The van der Waals surface area contributed by atoms with Crippen LogP contribution < -0.4 is 0 Å². The van der Waals surface area contributed by atoms with E-state index < -0.39 is 0 Å². The number of hydrogen-bond donors (Lipinski definition) is 0. The molecule has 2 heterocycles. The van der Waals surface area contributed by atoms with Crippen LogP contribution in [0, 0.1) is 13.8 Å². The van der Waals surface area contributed by atoms with Crippen LogP contribution >= 0.6 is 11.3 Å². The second kappa shape index (κ2) is 7.00. The molecule has 0 N–H and O–H groups in total. The number of carbonyl (C=O) groups is 2. The fraction of sp³-hybridized carbons (Fsp3) is 0.643. The first-order valence-corrected chi connectivity index (χ1v) is 7.85. The van der Waals surface area contributed by atoms with Crippen molar-refractivity contribution < 1.29 is 14.3 Å². The molecule has 1 aliphatic heterocycles. The summed E-state index contributed by atoms with van der Waals surface area (Å²) in [4.78, 5) is 32.7. The Kier molecular flexibility index (Phi) is 5.30. The van der Waals surface area contributed by atoms with Crippen molar-refractivity contribution in [3.05, 3.63) is 15.6 Å². The number of aromatic nitrogens is 1. The number of methoxy groups -OCH3 is 1. The zero-order chi connectivity index (χ0) is 15.4. The fourth-order valence-corrected chi connectivity index (χ4v) is 3.29. The molecule has 0 unspecified atom stereocenters. The SMILES string of the molecule is COC(=O)CCN1CCN(C(=O)c2sc(C)nc2C)CC1. The highest BCUT2D eigenvalue weighted by Gasteiger charge is 2.25. The van der Waals surface area contributed by atoms with Crippen LogP contribution in [0.1, 0.15) is 26.8 Å². The zero-order valence-corrected chi connectivity index (χ0v) is 13.5. The van der Waals surface area contributed by atoms with Gasteiger partial charge in [0.05, 0.1) is 24.2 Å². The van der Waals surface area contributed by atoms with E-state index >= 15 is 0 Å². The van der Waals surface area contributed by atoms with Gasteiger partial charge in [-0.15, -0.1) is 11.3 Å². The second-order valence-electron chi connectivity index (χ2n) is 5.11. The molecular weight excluding hydrogens is 290 g/mol. The van der Waals surface area contributed by atoms with Crippen LogP contribution in [0.25, 0.3) is 0 Å². The molecule has 1 aromatic heterocycles. The molecule has 116 valence electrons. The summed E-state index contributed by atoms with van der Waals surface area (Å²) in [5.74, 6) is -0.116. The van der Waals surface area contributed by atoms with E-state index in [0.29, 0.717) is 26.1 Å². The molecule has 1 saturated heterocycles. The number of nitrogens with zero attached hydrogens (tertiary/aromatic N) is 3. The molecule has 1 aliphatic rings. The maximum absolute atomic E-state index is 12.5. The van der Waals surface area contributed by atoms with E-state index in [1.165, 1.54) is 18.4 Å². The van der Waals surface area contributed by atoms with E-state index in [4.69, 9.17) is 0 Å². The predicted molar refractivity (Wildman–Crippen MR) is 80.6 cm³/mol. The molecule has 0 spiro atoms. The predicted octanol–water partition coefficient (Wildman–Crippen LogP) is 1.08. The number of rotatable bonds is 4. The van der Waals surface area contributed by atoms with Gasteiger partial charge in [0.1, 0.15) is 4.88 Å². The number of carbonyl (C=O) groups excluding carboxylic acids is 2. The van der Waals surface area contributed by atoms with Crippen LogP contribution in [0.3, 0.4) is 0 Å². The number of ether oxygens (including phenoxy) is 1. The molecule has 0 radical (unpaired) electrons. The van der Waals surface area contributed by atoms with Gasteiger partial charge in [0, 0.05) is 32.7 Å². The molecule has 7 heteroatoms. The third-order valence-electron chi connectivity index (χ3n) is 3.62. The minimum absolute atomic E-state index is 0.0747. The minimum atomic E-state index is -0.190. The first kappa shape index (κ1) is 15.9. The number of thiazole rings is 1. The average molecular weight is 311 g/mol. The Bertz CT molecular complexity index is 522. The summed E-state index contributed by atoms with van der Waals surface area (Å²) < 4.78 is 4.64. The normalized spacial score (nSPS) is 16.0. The minimum Gasteiger partial charge on any atom is -0.469 e. The highest BCUT2D eigenvalue weighted by atomic mass is 32.1. The van der Waals surface area contributed by atoms with E-state index in [-0.39, 0.29) is 11.9 Å². The van der Waals surface area contributed by atoms with E-state index in [1.54, 1.807) is 0 Å². The smallest absolute Gasteiger partial charge is 0.306 e. The Labute approximate surface area is 128 Å². The van der Waals surface area contributed by atoms with Gasteiger partial charge in [-0.3, -0.25) is 14.5 Å². The van der Waals surface area contributed by atoms with Crippen LogP contribution in [0.5, 0.6) is 0 Å². The molecule has 0 atom stereocenters. The van der Waals surface area contributed by atoms with Gasteiger partial charge in [-0.05, 0) is 13.8 Å². The summed E-state index contributed by atoms with van der Waals surface area (Å²) >= 11 is 1.46. The standard InChI is InChI=1S/C14H21N3O3S/c1-10-13(21-11(2)15-10)14(19)17-8-6-16(7-9-17)5-4-12(18)20-3/h4-9H2,1-3H3. The Morgan fingerprint density at radius 2 is 1.90 bits per heavy atom. The van der Waals surface area contributed by atoms with Crippen LogP contribution in [0.4, 0.5) is 0 Å². The van der Waals surface area contributed by atoms with Crippen LogP contribution in [-0.4, -0.2) is 66.5 Å². The van der Waals surface area contributed by atoms with Crippen molar-refractivity contribution in [1.29, 1.82) is 0 Å². The lowest BCUT2D eigenvalue weighted by Gasteiger charge is -2.34. The molecule has 0 saturated carbocycles. The Morgan fingerprint density at radius 3 is 2.43 bits per heavy atom. The molecule has 21 heavy (non-hydrogen) atoms. The molecule has 2 rings (SSSR count). The van der Waals surface area contributed by atoms with E-state index in [9.17, 15) is 9.59 Å². The van der Waals surface area contributed by atoms with Crippen LogP contribution in [0.15, 0.2) is 0 Å². The summed E-state index contributed by atoms with van der Waals surface area (Å²) in [6.45, 7) is 7.45. The molecule has 0 bridgehead atoms. The van der Waals surface area contributed by atoms with E-state index in [2.05, 4.69) is 14.6 Å². The largest absolute Gasteiger partial charge is 0.469 e. The van der Waals surface area contributed by atoms with E-state index in [0.717, 1.165) is 28.7 Å². The van der Waals surface area contributed by atoms with E-state index in [1.807, 2.05) is 18.7 Å². The monoisotopic (exact) mass is 311 g/mol. The zero-order valence-electron chi connectivity index (χ0n) is 12.7. The quantitative estimate of drug-likeness (QED) is 0.779. The Hall–Kier alpha value is -1.47. The maximum atomic E-state index is 12.5. The van der Waals surface area contributed by atoms with Crippen molar-refractivity contribution in [2.24, 2.45) is 0 Å².